The fourth-order valence-electron chi connectivity index (χ4n) is 1.65. The highest BCUT2D eigenvalue weighted by Gasteiger charge is 2.01. The average Bonchev–Trinajstić information content (AvgIpc) is 2.46. The summed E-state index contributed by atoms with van der Waals surface area (Å²) in [5, 5.41) is 18.1. The first kappa shape index (κ1) is 11.6. The summed E-state index contributed by atoms with van der Waals surface area (Å²) in [5.74, 6) is 0. The highest BCUT2D eigenvalue weighted by molar-refractivity contribution is 5.89. The van der Waals surface area contributed by atoms with Gasteiger partial charge in [-0.2, -0.15) is 10.5 Å². The monoisotopic (exact) mass is 230 g/mol. The Morgan fingerprint density at radius 1 is 0.944 bits per heavy atom. The van der Waals surface area contributed by atoms with Crippen molar-refractivity contribution < 1.29 is 0 Å². The number of rotatable bonds is 2. The second kappa shape index (κ2) is 5.48. The van der Waals surface area contributed by atoms with E-state index in [1.165, 1.54) is 0 Å². The molecule has 2 rings (SSSR count). The average molecular weight is 230 g/mol. The van der Waals surface area contributed by atoms with E-state index in [2.05, 4.69) is 12.1 Å². The van der Waals surface area contributed by atoms with Crippen molar-refractivity contribution >= 4 is 11.6 Å². The van der Waals surface area contributed by atoms with E-state index >= 15 is 0 Å². The molecule has 0 aliphatic carbocycles. The van der Waals surface area contributed by atoms with E-state index < -0.39 is 0 Å². The summed E-state index contributed by atoms with van der Waals surface area (Å²) < 4.78 is 0. The fraction of sp³-hybridized carbons (Fsp3) is 0. The van der Waals surface area contributed by atoms with Crippen molar-refractivity contribution in [2.24, 2.45) is 0 Å². The number of nitriles is 2. The van der Waals surface area contributed by atoms with E-state index in [1.807, 2.05) is 42.5 Å². The van der Waals surface area contributed by atoms with Gasteiger partial charge in [0, 0.05) is 0 Å². The molecule has 0 amide bonds. The summed E-state index contributed by atoms with van der Waals surface area (Å²) in [6.45, 7) is 0. The van der Waals surface area contributed by atoms with Crippen LogP contribution in [0.3, 0.4) is 0 Å². The number of benzene rings is 2. The first-order chi connectivity index (χ1) is 8.83. The summed E-state index contributed by atoms with van der Waals surface area (Å²) in [6, 6.07) is 20.9. The molecule has 0 aliphatic rings. The molecule has 84 valence electrons. The molecule has 2 aromatic carbocycles. The van der Waals surface area contributed by atoms with Crippen LogP contribution < -0.4 is 0 Å². The summed E-state index contributed by atoms with van der Waals surface area (Å²) >= 11 is 0. The first-order valence-corrected chi connectivity index (χ1v) is 5.51. The molecule has 2 nitrogen and oxygen atoms in total. The van der Waals surface area contributed by atoms with Crippen LogP contribution in [0.25, 0.3) is 11.6 Å². The number of allylic oxidation sites excluding steroid dienone is 1. The van der Waals surface area contributed by atoms with Crippen LogP contribution in [0.2, 0.25) is 0 Å². The number of nitrogens with zero attached hydrogens (tertiary/aromatic N) is 2. The highest BCUT2D eigenvalue weighted by Crippen LogP contribution is 2.18. The lowest BCUT2D eigenvalue weighted by molar-refractivity contribution is 1.47. The van der Waals surface area contributed by atoms with Gasteiger partial charge in [-0.05, 0) is 29.3 Å². The van der Waals surface area contributed by atoms with Crippen molar-refractivity contribution in [2.75, 3.05) is 0 Å². The molecule has 0 spiro atoms. The maximum Gasteiger partial charge on any atom is 0.0998 e. The molecule has 0 aliphatic heterocycles. The van der Waals surface area contributed by atoms with Crippen molar-refractivity contribution in [2.45, 2.75) is 0 Å². The predicted molar refractivity (Wildman–Crippen MR) is 71.1 cm³/mol. The van der Waals surface area contributed by atoms with Crippen molar-refractivity contribution in [3.05, 3.63) is 71.3 Å². The highest BCUT2D eigenvalue weighted by atomic mass is 14.3. The van der Waals surface area contributed by atoms with Crippen molar-refractivity contribution in [1.82, 2.24) is 0 Å². The Kier molecular flexibility index (Phi) is 3.54. The lowest BCUT2D eigenvalue weighted by Crippen LogP contribution is -1.83. The quantitative estimate of drug-likeness (QED) is 0.584. The third-order valence-corrected chi connectivity index (χ3v) is 2.53. The first-order valence-electron chi connectivity index (χ1n) is 5.51. The van der Waals surface area contributed by atoms with E-state index in [1.54, 1.807) is 18.2 Å². The van der Waals surface area contributed by atoms with Gasteiger partial charge in [0.15, 0.2) is 0 Å². The van der Waals surface area contributed by atoms with Crippen LogP contribution in [0.5, 0.6) is 0 Å². The maximum absolute atomic E-state index is 9.20. The van der Waals surface area contributed by atoms with Gasteiger partial charge in [-0.15, -0.1) is 0 Å². The van der Waals surface area contributed by atoms with Gasteiger partial charge in [0.25, 0.3) is 0 Å². The van der Waals surface area contributed by atoms with E-state index in [-0.39, 0.29) is 0 Å². The molecule has 0 fully saturated rings. The van der Waals surface area contributed by atoms with Crippen LogP contribution in [0.15, 0.2) is 54.6 Å². The van der Waals surface area contributed by atoms with Gasteiger partial charge < -0.3 is 0 Å². The number of hydrogen-bond acceptors (Lipinski definition) is 2. The molecule has 0 N–H and O–H groups in total. The zero-order chi connectivity index (χ0) is 12.8. The van der Waals surface area contributed by atoms with Crippen LogP contribution in [-0.2, 0) is 0 Å². The topological polar surface area (TPSA) is 47.6 Å². The molecule has 0 radical (unpaired) electrons. The van der Waals surface area contributed by atoms with E-state index in [9.17, 15) is 5.26 Å². The molecule has 0 bridgehead atoms. The zero-order valence-electron chi connectivity index (χ0n) is 9.67. The Labute approximate surface area is 106 Å². The summed E-state index contributed by atoms with van der Waals surface area (Å²) in [6.07, 6.45) is 1.82. The van der Waals surface area contributed by atoms with Gasteiger partial charge in [0.1, 0.15) is 0 Å². The minimum absolute atomic E-state index is 0.554. The molecule has 0 unspecified atom stereocenters. The molecule has 2 heteroatoms. The lowest BCUT2D eigenvalue weighted by Gasteiger charge is -2.00. The molecular formula is C16H10N2. The molecule has 0 heterocycles. The standard InChI is InChI=1S/C16H10N2/c17-11-14-7-4-8-15(10-14)16(12-18)9-13-5-2-1-3-6-13/h1-10H/b16-9-. The van der Waals surface area contributed by atoms with Crippen molar-refractivity contribution in [1.29, 1.82) is 10.5 Å². The maximum atomic E-state index is 9.20. The van der Waals surface area contributed by atoms with Crippen LogP contribution >= 0.6 is 0 Å². The Morgan fingerprint density at radius 2 is 1.72 bits per heavy atom. The van der Waals surface area contributed by atoms with Gasteiger partial charge in [-0.1, -0.05) is 42.5 Å². The van der Waals surface area contributed by atoms with E-state index in [0.717, 1.165) is 11.1 Å². The third kappa shape index (κ3) is 2.64. The molecule has 0 saturated heterocycles. The second-order valence-electron chi connectivity index (χ2n) is 3.77. The van der Waals surface area contributed by atoms with Crippen LogP contribution in [0.4, 0.5) is 0 Å². The third-order valence-electron chi connectivity index (χ3n) is 2.53. The molecule has 0 atom stereocenters. The van der Waals surface area contributed by atoms with Crippen molar-refractivity contribution in [3.63, 3.8) is 0 Å². The van der Waals surface area contributed by atoms with E-state index in [0.29, 0.717) is 11.1 Å². The van der Waals surface area contributed by atoms with Gasteiger partial charge in [-0.25, -0.2) is 0 Å². The van der Waals surface area contributed by atoms with Gasteiger partial charge in [0.05, 0.1) is 23.3 Å². The van der Waals surface area contributed by atoms with E-state index in [4.69, 9.17) is 5.26 Å². The van der Waals surface area contributed by atoms with Crippen LogP contribution in [0.1, 0.15) is 16.7 Å². The van der Waals surface area contributed by atoms with Gasteiger partial charge in [-0.3, -0.25) is 0 Å². The zero-order valence-corrected chi connectivity index (χ0v) is 9.67. The van der Waals surface area contributed by atoms with Crippen LogP contribution in [0, 0.1) is 22.7 Å². The minimum atomic E-state index is 0.554. The Bertz CT molecular complexity index is 655. The molecule has 2 aromatic rings. The smallest absolute Gasteiger partial charge is 0.0998 e. The number of hydrogen-bond donors (Lipinski definition) is 0. The molecular weight excluding hydrogens is 220 g/mol. The fourth-order valence-corrected chi connectivity index (χ4v) is 1.65. The molecule has 0 saturated carbocycles. The predicted octanol–water partition coefficient (Wildman–Crippen LogP) is 3.62. The van der Waals surface area contributed by atoms with Crippen molar-refractivity contribution in [3.8, 4) is 12.1 Å². The Balaban J connectivity index is 2.44. The lowest BCUT2D eigenvalue weighted by atomic mass is 10.0. The Morgan fingerprint density at radius 3 is 2.39 bits per heavy atom. The van der Waals surface area contributed by atoms with Gasteiger partial charge >= 0.3 is 0 Å². The summed E-state index contributed by atoms with van der Waals surface area (Å²) in [5.41, 5.74) is 2.84. The molecule has 18 heavy (non-hydrogen) atoms. The summed E-state index contributed by atoms with van der Waals surface area (Å²) in [7, 11) is 0. The second-order valence-corrected chi connectivity index (χ2v) is 3.77. The normalized spacial score (nSPS) is 10.4. The largest absolute Gasteiger partial charge is 0.192 e. The summed E-state index contributed by atoms with van der Waals surface area (Å²) in [4.78, 5) is 0. The van der Waals surface area contributed by atoms with Gasteiger partial charge in [0.2, 0.25) is 0 Å². The van der Waals surface area contributed by atoms with Crippen LogP contribution in [-0.4, -0.2) is 0 Å². The SMILES string of the molecule is N#C/C(=C/c1ccccc1)c1cccc(C#N)c1. The molecule has 0 aromatic heterocycles. The minimum Gasteiger partial charge on any atom is -0.192 e. The Hall–Kier alpha value is -2.84.